The third kappa shape index (κ3) is 3.12. The summed E-state index contributed by atoms with van der Waals surface area (Å²) in [6.07, 6.45) is 3.89. The lowest BCUT2D eigenvalue weighted by Gasteiger charge is -2.18. The molecule has 1 aliphatic rings. The zero-order valence-electron chi connectivity index (χ0n) is 14.0. The van der Waals surface area contributed by atoms with Gasteiger partial charge in [0.1, 0.15) is 5.82 Å². The van der Waals surface area contributed by atoms with E-state index in [9.17, 15) is 0 Å². The van der Waals surface area contributed by atoms with Crippen LogP contribution in [0.15, 0.2) is 48.7 Å². The van der Waals surface area contributed by atoms with Crippen molar-refractivity contribution in [3.63, 3.8) is 0 Å². The largest absolute Gasteiger partial charge is 0.366 e. The van der Waals surface area contributed by atoms with Gasteiger partial charge in [0.2, 0.25) is 0 Å². The molecular weight excluding hydrogens is 298 g/mol. The summed E-state index contributed by atoms with van der Waals surface area (Å²) < 4.78 is 1.90. The van der Waals surface area contributed by atoms with Crippen molar-refractivity contribution in [1.29, 1.82) is 0 Å². The Bertz CT molecular complexity index is 811. The second-order valence-electron chi connectivity index (χ2n) is 6.44. The Hall–Kier alpha value is -2.40. The first kappa shape index (κ1) is 15.1. The van der Waals surface area contributed by atoms with Crippen LogP contribution in [0.3, 0.4) is 0 Å². The molecule has 1 aliphatic heterocycles. The van der Waals surface area contributed by atoms with Gasteiger partial charge in [0.15, 0.2) is 5.65 Å². The summed E-state index contributed by atoms with van der Waals surface area (Å²) in [6, 6.07) is 15.2. The highest BCUT2D eigenvalue weighted by molar-refractivity contribution is 5.49. The summed E-state index contributed by atoms with van der Waals surface area (Å²) in [5.41, 5.74) is 3.39. The predicted molar refractivity (Wildman–Crippen MR) is 96.1 cm³/mol. The Morgan fingerprint density at radius 1 is 1.21 bits per heavy atom. The SMILES string of the molecule is CCc1cc(NC2CCN(Cc3ccccc3)C2)n2nccc2n1. The second-order valence-corrected chi connectivity index (χ2v) is 6.44. The number of aromatic nitrogens is 3. The number of nitrogens with zero attached hydrogens (tertiary/aromatic N) is 4. The highest BCUT2D eigenvalue weighted by atomic mass is 15.3. The zero-order chi connectivity index (χ0) is 16.4. The topological polar surface area (TPSA) is 45.5 Å². The molecule has 0 aliphatic carbocycles. The van der Waals surface area contributed by atoms with E-state index in [1.165, 1.54) is 5.56 Å². The van der Waals surface area contributed by atoms with Gasteiger partial charge in [-0.2, -0.15) is 9.61 Å². The maximum atomic E-state index is 4.61. The lowest BCUT2D eigenvalue weighted by Crippen LogP contribution is -2.27. The molecule has 124 valence electrons. The summed E-state index contributed by atoms with van der Waals surface area (Å²) in [5.74, 6) is 1.05. The van der Waals surface area contributed by atoms with Crippen molar-refractivity contribution >= 4 is 11.5 Å². The molecule has 1 unspecified atom stereocenters. The molecule has 1 aromatic carbocycles. The Kier molecular flexibility index (Phi) is 4.17. The van der Waals surface area contributed by atoms with Gasteiger partial charge in [0.25, 0.3) is 0 Å². The van der Waals surface area contributed by atoms with E-state index in [1.54, 1.807) is 0 Å². The van der Waals surface area contributed by atoms with Crippen molar-refractivity contribution in [3.05, 3.63) is 59.9 Å². The average Bonchev–Trinajstić information content (AvgIpc) is 3.25. The molecule has 4 rings (SSSR count). The van der Waals surface area contributed by atoms with Crippen molar-refractivity contribution in [2.24, 2.45) is 0 Å². The standard InChI is InChI=1S/C19H23N5/c1-2-16-12-19(24-18(21-16)8-10-20-24)22-17-9-11-23(14-17)13-15-6-4-3-5-7-15/h3-8,10,12,17,22H,2,9,11,13-14H2,1H3. The number of anilines is 1. The van der Waals surface area contributed by atoms with E-state index in [4.69, 9.17) is 0 Å². The minimum atomic E-state index is 0.452. The smallest absolute Gasteiger partial charge is 0.157 e. The van der Waals surface area contributed by atoms with E-state index < -0.39 is 0 Å². The fourth-order valence-corrected chi connectivity index (χ4v) is 3.39. The highest BCUT2D eigenvalue weighted by Crippen LogP contribution is 2.19. The van der Waals surface area contributed by atoms with Crippen LogP contribution < -0.4 is 5.32 Å². The van der Waals surface area contributed by atoms with Crippen molar-refractivity contribution in [1.82, 2.24) is 19.5 Å². The Morgan fingerprint density at radius 3 is 2.92 bits per heavy atom. The van der Waals surface area contributed by atoms with Crippen molar-refractivity contribution < 1.29 is 0 Å². The maximum absolute atomic E-state index is 4.61. The predicted octanol–water partition coefficient (Wildman–Crippen LogP) is 2.98. The average molecular weight is 321 g/mol. The van der Waals surface area contributed by atoms with Gasteiger partial charge in [-0.3, -0.25) is 4.90 Å². The Balaban J connectivity index is 1.46. The van der Waals surface area contributed by atoms with Crippen molar-refractivity contribution in [2.45, 2.75) is 32.4 Å². The number of hydrogen-bond acceptors (Lipinski definition) is 4. The Morgan fingerprint density at radius 2 is 2.08 bits per heavy atom. The van der Waals surface area contributed by atoms with E-state index in [0.29, 0.717) is 6.04 Å². The molecule has 0 amide bonds. The first-order valence-corrected chi connectivity index (χ1v) is 8.68. The molecule has 2 aromatic heterocycles. The zero-order valence-corrected chi connectivity index (χ0v) is 14.0. The second kappa shape index (κ2) is 6.61. The summed E-state index contributed by atoms with van der Waals surface area (Å²) in [5, 5.41) is 8.08. The number of hydrogen-bond donors (Lipinski definition) is 1. The lowest BCUT2D eigenvalue weighted by molar-refractivity contribution is 0.328. The van der Waals surface area contributed by atoms with Crippen LogP contribution >= 0.6 is 0 Å². The lowest BCUT2D eigenvalue weighted by atomic mass is 10.2. The first-order chi connectivity index (χ1) is 11.8. The molecule has 1 N–H and O–H groups in total. The van der Waals surface area contributed by atoms with Gasteiger partial charge in [-0.25, -0.2) is 4.98 Å². The molecule has 0 radical (unpaired) electrons. The molecule has 5 nitrogen and oxygen atoms in total. The highest BCUT2D eigenvalue weighted by Gasteiger charge is 2.23. The van der Waals surface area contributed by atoms with Crippen molar-refractivity contribution in [3.8, 4) is 0 Å². The number of rotatable bonds is 5. The van der Waals surface area contributed by atoms with Crippen LogP contribution in [0.2, 0.25) is 0 Å². The van der Waals surface area contributed by atoms with Crippen LogP contribution in [-0.2, 0) is 13.0 Å². The molecule has 0 spiro atoms. The van der Waals surface area contributed by atoms with Crippen LogP contribution in [0.1, 0.15) is 24.6 Å². The van der Waals surface area contributed by atoms with Gasteiger partial charge in [0, 0.05) is 43.5 Å². The van der Waals surface area contributed by atoms with Gasteiger partial charge < -0.3 is 5.32 Å². The van der Waals surface area contributed by atoms with Crippen LogP contribution in [0.4, 0.5) is 5.82 Å². The van der Waals surface area contributed by atoms with Crippen LogP contribution in [0, 0.1) is 0 Å². The number of nitrogens with one attached hydrogen (secondary N) is 1. The van der Waals surface area contributed by atoms with Gasteiger partial charge in [-0.1, -0.05) is 37.3 Å². The van der Waals surface area contributed by atoms with E-state index in [2.05, 4.69) is 63.6 Å². The number of benzene rings is 1. The van der Waals surface area contributed by atoms with E-state index >= 15 is 0 Å². The summed E-state index contributed by atoms with van der Waals surface area (Å²) in [6.45, 7) is 5.34. The molecule has 3 aromatic rings. The molecular formula is C19H23N5. The number of fused-ring (bicyclic) bond motifs is 1. The summed E-state index contributed by atoms with van der Waals surface area (Å²) in [7, 11) is 0. The van der Waals surface area contributed by atoms with Gasteiger partial charge in [-0.05, 0) is 18.4 Å². The van der Waals surface area contributed by atoms with E-state index in [1.807, 2.05) is 16.8 Å². The van der Waals surface area contributed by atoms with Crippen LogP contribution in [0.25, 0.3) is 5.65 Å². The molecule has 24 heavy (non-hydrogen) atoms. The van der Waals surface area contributed by atoms with Crippen molar-refractivity contribution in [2.75, 3.05) is 18.4 Å². The quantitative estimate of drug-likeness (QED) is 0.785. The molecule has 0 saturated carbocycles. The molecule has 1 atom stereocenters. The summed E-state index contributed by atoms with van der Waals surface area (Å²) in [4.78, 5) is 7.12. The van der Waals surface area contributed by atoms with Gasteiger partial charge >= 0.3 is 0 Å². The third-order valence-electron chi connectivity index (χ3n) is 4.65. The third-order valence-corrected chi connectivity index (χ3v) is 4.65. The van der Waals surface area contributed by atoms with E-state index in [-0.39, 0.29) is 0 Å². The fraction of sp³-hybridized carbons (Fsp3) is 0.368. The monoisotopic (exact) mass is 321 g/mol. The molecule has 1 fully saturated rings. The number of aryl methyl sites for hydroxylation is 1. The van der Waals surface area contributed by atoms with Gasteiger partial charge in [-0.15, -0.1) is 0 Å². The van der Waals surface area contributed by atoms with Crippen LogP contribution in [-0.4, -0.2) is 38.6 Å². The molecule has 5 heteroatoms. The number of likely N-dealkylation sites (tertiary alicyclic amines) is 1. The Labute approximate surface area is 142 Å². The fourth-order valence-electron chi connectivity index (χ4n) is 3.39. The normalized spacial score (nSPS) is 18.3. The summed E-state index contributed by atoms with van der Waals surface area (Å²) >= 11 is 0. The van der Waals surface area contributed by atoms with E-state index in [0.717, 1.165) is 49.6 Å². The first-order valence-electron chi connectivity index (χ1n) is 8.68. The molecule has 3 heterocycles. The maximum Gasteiger partial charge on any atom is 0.157 e. The minimum absolute atomic E-state index is 0.452. The van der Waals surface area contributed by atoms with Crippen LogP contribution in [0.5, 0.6) is 0 Å². The molecule has 0 bridgehead atoms. The van der Waals surface area contributed by atoms with Gasteiger partial charge in [0.05, 0.1) is 6.20 Å². The molecule has 1 saturated heterocycles. The minimum Gasteiger partial charge on any atom is -0.366 e.